The zero-order valence-electron chi connectivity index (χ0n) is 20.0. The highest BCUT2D eigenvalue weighted by Gasteiger charge is 2.61. The number of carbonyl (C=O) groups is 1. The number of aromatic amines is 1. The van der Waals surface area contributed by atoms with E-state index in [1.54, 1.807) is 12.1 Å². The summed E-state index contributed by atoms with van der Waals surface area (Å²) in [7, 11) is 0. The van der Waals surface area contributed by atoms with Gasteiger partial charge >= 0.3 is 0 Å². The Balaban J connectivity index is 1.40. The highest BCUT2D eigenvalue weighted by Crippen LogP contribution is 2.59. The molecule has 6 nitrogen and oxygen atoms in total. The summed E-state index contributed by atoms with van der Waals surface area (Å²) in [6.45, 7) is 4.21. The SMILES string of the molecule is Cc1ccc(O)cc1C12Cc3[nH]c(=O)c(C(N)=O)cc3CC1C1C(CN1CCc1ccccc1)C2. The number of fused-ring (bicyclic) bond motifs is 4. The number of nitrogens with zero attached hydrogens (tertiary/aromatic N) is 1. The average Bonchev–Trinajstić information content (AvgIpc) is 3.07. The molecule has 4 N–H and O–H groups in total. The Hall–Kier alpha value is -3.38. The largest absolute Gasteiger partial charge is 0.508 e. The molecule has 1 saturated carbocycles. The Morgan fingerprint density at radius 1 is 1.20 bits per heavy atom. The van der Waals surface area contributed by atoms with Crippen molar-refractivity contribution in [3.8, 4) is 5.75 Å². The van der Waals surface area contributed by atoms with Gasteiger partial charge in [0.2, 0.25) is 0 Å². The molecule has 3 aromatic rings. The standard InChI is InChI=1S/C29H31N3O3/c1-17-7-8-21(33)13-23(17)29-14-20-16-32(10-9-18-5-3-2-4-6-18)26(20)24(29)12-19-11-22(27(30)34)28(35)31-25(19)15-29/h2-8,11,13,20,24,26,33H,9-10,12,14-16H2,1H3,(H2,30,34)(H,31,35). The van der Waals surface area contributed by atoms with Crippen molar-refractivity contribution in [2.45, 2.75) is 44.1 Å². The minimum Gasteiger partial charge on any atom is -0.508 e. The van der Waals surface area contributed by atoms with Crippen LogP contribution in [0, 0.1) is 18.8 Å². The molecule has 1 aromatic heterocycles. The molecule has 4 unspecified atom stereocenters. The summed E-state index contributed by atoms with van der Waals surface area (Å²) in [5.74, 6) is 0.500. The zero-order valence-corrected chi connectivity index (χ0v) is 20.0. The number of hydrogen-bond donors (Lipinski definition) is 3. The predicted octanol–water partition coefficient (Wildman–Crippen LogP) is 3.09. The fraction of sp³-hybridized carbons (Fsp3) is 0.379. The summed E-state index contributed by atoms with van der Waals surface area (Å²) >= 11 is 0. The van der Waals surface area contributed by atoms with Crippen molar-refractivity contribution >= 4 is 5.91 Å². The lowest BCUT2D eigenvalue weighted by Gasteiger charge is -2.49. The summed E-state index contributed by atoms with van der Waals surface area (Å²) in [6.07, 6.45) is 3.54. The van der Waals surface area contributed by atoms with Crippen molar-refractivity contribution < 1.29 is 9.90 Å². The number of pyridine rings is 1. The number of primary amides is 1. The van der Waals surface area contributed by atoms with Crippen LogP contribution < -0.4 is 11.3 Å². The molecule has 1 aliphatic heterocycles. The second-order valence-corrected chi connectivity index (χ2v) is 10.7. The quantitative estimate of drug-likeness (QED) is 0.535. The number of aromatic hydroxyl groups is 1. The van der Waals surface area contributed by atoms with Gasteiger partial charge in [0.1, 0.15) is 11.3 Å². The molecule has 6 rings (SSSR count). The van der Waals surface area contributed by atoms with E-state index in [1.807, 2.05) is 12.1 Å². The molecule has 0 bridgehead atoms. The number of likely N-dealkylation sites (tertiary alicyclic amines) is 1. The average molecular weight is 470 g/mol. The van der Waals surface area contributed by atoms with Gasteiger partial charge in [-0.3, -0.25) is 14.5 Å². The van der Waals surface area contributed by atoms with E-state index in [9.17, 15) is 14.7 Å². The first-order valence-electron chi connectivity index (χ1n) is 12.5. The molecule has 6 heteroatoms. The van der Waals surface area contributed by atoms with E-state index in [-0.39, 0.29) is 16.7 Å². The number of amides is 1. The second kappa shape index (κ2) is 8.09. The number of rotatable bonds is 5. The third-order valence-corrected chi connectivity index (χ3v) is 8.82. The van der Waals surface area contributed by atoms with Crippen LogP contribution in [0.3, 0.4) is 0 Å². The van der Waals surface area contributed by atoms with Crippen molar-refractivity contribution in [3.63, 3.8) is 0 Å². The van der Waals surface area contributed by atoms with E-state index < -0.39 is 11.5 Å². The molecule has 1 saturated heterocycles. The molecule has 2 aromatic carbocycles. The van der Waals surface area contributed by atoms with Crippen LogP contribution in [0.5, 0.6) is 5.75 Å². The number of hydrogen-bond acceptors (Lipinski definition) is 4. The number of H-pyrrole nitrogens is 1. The summed E-state index contributed by atoms with van der Waals surface area (Å²) < 4.78 is 0. The maximum Gasteiger partial charge on any atom is 0.261 e. The monoisotopic (exact) mass is 469 g/mol. The smallest absolute Gasteiger partial charge is 0.261 e. The van der Waals surface area contributed by atoms with Gasteiger partial charge in [0, 0.05) is 30.2 Å². The van der Waals surface area contributed by atoms with Crippen LogP contribution in [0.25, 0.3) is 0 Å². The molecule has 2 fully saturated rings. The lowest BCUT2D eigenvalue weighted by atomic mass is 9.62. The van der Waals surface area contributed by atoms with Crippen LogP contribution in [0.15, 0.2) is 59.4 Å². The minimum atomic E-state index is -0.688. The summed E-state index contributed by atoms with van der Waals surface area (Å²) in [5.41, 5.74) is 10.6. The van der Waals surface area contributed by atoms with E-state index in [4.69, 9.17) is 5.73 Å². The van der Waals surface area contributed by atoms with Gasteiger partial charge in [-0.1, -0.05) is 36.4 Å². The van der Waals surface area contributed by atoms with Gasteiger partial charge in [0.25, 0.3) is 11.5 Å². The number of phenols is 1. The number of benzene rings is 2. The van der Waals surface area contributed by atoms with Crippen LogP contribution in [0.1, 0.15) is 44.7 Å². The molecule has 2 aliphatic carbocycles. The first kappa shape index (κ1) is 22.1. The summed E-state index contributed by atoms with van der Waals surface area (Å²) in [6, 6.07) is 18.4. The van der Waals surface area contributed by atoms with Gasteiger partial charge in [-0.2, -0.15) is 0 Å². The van der Waals surface area contributed by atoms with Crippen LogP contribution >= 0.6 is 0 Å². The molecule has 35 heavy (non-hydrogen) atoms. The first-order valence-corrected chi connectivity index (χ1v) is 12.5. The zero-order chi connectivity index (χ0) is 24.3. The van der Waals surface area contributed by atoms with Crippen LogP contribution in [0.4, 0.5) is 0 Å². The highest BCUT2D eigenvalue weighted by atomic mass is 16.3. The molecule has 3 aliphatic rings. The fourth-order valence-electron chi connectivity index (χ4n) is 7.32. The van der Waals surface area contributed by atoms with Crippen molar-refractivity contribution in [1.82, 2.24) is 9.88 Å². The Labute approximate surface area is 204 Å². The van der Waals surface area contributed by atoms with Gasteiger partial charge in [-0.25, -0.2) is 0 Å². The van der Waals surface area contributed by atoms with E-state index >= 15 is 0 Å². The predicted molar refractivity (Wildman–Crippen MR) is 135 cm³/mol. The number of phenolic OH excluding ortho intramolecular Hbond substituents is 1. The van der Waals surface area contributed by atoms with Gasteiger partial charge in [-0.05, 0) is 84.9 Å². The van der Waals surface area contributed by atoms with Gasteiger partial charge in [-0.15, -0.1) is 0 Å². The number of aromatic nitrogens is 1. The maximum atomic E-state index is 12.6. The molecule has 4 atom stereocenters. The Bertz CT molecular complexity index is 1370. The molecule has 180 valence electrons. The molecule has 2 heterocycles. The lowest BCUT2D eigenvalue weighted by molar-refractivity contribution is 0.0104. The van der Waals surface area contributed by atoms with Crippen LogP contribution in [0.2, 0.25) is 0 Å². The minimum absolute atomic E-state index is 0.0360. The van der Waals surface area contributed by atoms with Crippen LogP contribution in [-0.2, 0) is 24.7 Å². The third kappa shape index (κ3) is 3.50. The normalized spacial score (nSPS) is 26.9. The van der Waals surface area contributed by atoms with Crippen LogP contribution in [-0.4, -0.2) is 40.0 Å². The Kier molecular flexibility index (Phi) is 5.11. The van der Waals surface area contributed by atoms with Crippen molar-refractivity contribution in [3.05, 3.63) is 98.5 Å². The van der Waals surface area contributed by atoms with E-state index in [1.165, 1.54) is 16.7 Å². The van der Waals surface area contributed by atoms with E-state index in [0.29, 0.717) is 24.3 Å². The Morgan fingerprint density at radius 3 is 2.77 bits per heavy atom. The van der Waals surface area contributed by atoms with Gasteiger partial charge in [0.05, 0.1) is 0 Å². The van der Waals surface area contributed by atoms with Crippen molar-refractivity contribution in [2.24, 2.45) is 17.6 Å². The second-order valence-electron chi connectivity index (χ2n) is 10.7. The number of nitrogens with two attached hydrogens (primary N) is 1. The van der Waals surface area contributed by atoms with Gasteiger partial charge in [0.15, 0.2) is 0 Å². The summed E-state index contributed by atoms with van der Waals surface area (Å²) in [5, 5.41) is 10.4. The first-order chi connectivity index (χ1) is 16.9. The lowest BCUT2D eigenvalue weighted by Crippen LogP contribution is -2.58. The topological polar surface area (TPSA) is 99.4 Å². The molecular formula is C29H31N3O3. The molecule has 0 spiro atoms. The van der Waals surface area contributed by atoms with Crippen molar-refractivity contribution in [1.29, 1.82) is 0 Å². The van der Waals surface area contributed by atoms with Gasteiger partial charge < -0.3 is 15.8 Å². The Morgan fingerprint density at radius 2 is 2.00 bits per heavy atom. The van der Waals surface area contributed by atoms with E-state index in [0.717, 1.165) is 43.6 Å². The molecular weight excluding hydrogens is 438 g/mol. The number of nitrogens with one attached hydrogen (secondary N) is 1. The highest BCUT2D eigenvalue weighted by molar-refractivity contribution is 5.92. The molecule has 0 radical (unpaired) electrons. The summed E-state index contributed by atoms with van der Waals surface area (Å²) in [4.78, 5) is 30.1. The fourth-order valence-corrected chi connectivity index (χ4v) is 7.32. The molecule has 1 amide bonds. The maximum absolute atomic E-state index is 12.6. The van der Waals surface area contributed by atoms with Crippen molar-refractivity contribution in [2.75, 3.05) is 13.1 Å². The third-order valence-electron chi connectivity index (χ3n) is 8.82. The number of aryl methyl sites for hydroxylation is 1. The number of carbonyl (C=O) groups excluding carboxylic acids is 1. The van der Waals surface area contributed by atoms with E-state index in [2.05, 4.69) is 47.1 Å².